The highest BCUT2D eigenvalue weighted by Gasteiger charge is 2.05. The van der Waals surface area contributed by atoms with Crippen LogP contribution in [0.5, 0.6) is 5.75 Å². The first kappa shape index (κ1) is 12.1. The number of halogens is 1. The molecule has 0 atom stereocenters. The van der Waals surface area contributed by atoms with Crippen LogP contribution in [0.25, 0.3) is 0 Å². The molecule has 18 heavy (non-hydrogen) atoms. The van der Waals surface area contributed by atoms with Crippen LogP contribution in [-0.2, 0) is 13.2 Å². The number of hydrogen-bond donors (Lipinski definition) is 0. The highest BCUT2D eigenvalue weighted by atomic mass is 19.1. The van der Waals surface area contributed by atoms with Gasteiger partial charge in [0.05, 0.1) is 24.0 Å². The van der Waals surface area contributed by atoms with E-state index in [1.165, 1.54) is 18.2 Å². The lowest BCUT2D eigenvalue weighted by molar-refractivity contribution is 0.299. The summed E-state index contributed by atoms with van der Waals surface area (Å²) in [5.41, 5.74) is 0.776. The maximum Gasteiger partial charge on any atom is 0.157 e. The Morgan fingerprint density at radius 3 is 3.00 bits per heavy atom. The number of ether oxygens (including phenoxy) is 1. The molecule has 0 fully saturated rings. The van der Waals surface area contributed by atoms with Crippen LogP contribution in [-0.4, -0.2) is 9.78 Å². The predicted molar refractivity (Wildman–Crippen MR) is 63.3 cm³/mol. The monoisotopic (exact) mass is 245 g/mol. The Balaban J connectivity index is 2.08. The molecule has 5 heteroatoms. The van der Waals surface area contributed by atoms with Crippen molar-refractivity contribution in [1.29, 1.82) is 5.26 Å². The summed E-state index contributed by atoms with van der Waals surface area (Å²) < 4.78 is 20.6. The maximum absolute atomic E-state index is 13.5. The van der Waals surface area contributed by atoms with Crippen molar-refractivity contribution in [3.8, 4) is 11.8 Å². The van der Waals surface area contributed by atoms with Gasteiger partial charge in [0.2, 0.25) is 0 Å². The number of aryl methyl sites for hydroxylation is 1. The first-order valence-electron chi connectivity index (χ1n) is 5.56. The average molecular weight is 245 g/mol. The van der Waals surface area contributed by atoms with Crippen molar-refractivity contribution < 1.29 is 9.13 Å². The molecule has 0 aliphatic heterocycles. The summed E-state index contributed by atoms with van der Waals surface area (Å²) in [6, 6.07) is 6.16. The topological polar surface area (TPSA) is 50.8 Å². The first-order valence-corrected chi connectivity index (χ1v) is 5.56. The van der Waals surface area contributed by atoms with Gasteiger partial charge in [-0.05, 0) is 25.1 Å². The largest absolute Gasteiger partial charge is 0.486 e. The maximum atomic E-state index is 13.5. The zero-order valence-electron chi connectivity index (χ0n) is 9.93. The second-order valence-corrected chi connectivity index (χ2v) is 3.74. The highest BCUT2D eigenvalue weighted by molar-refractivity contribution is 5.33. The molecule has 1 aromatic heterocycles. The SMILES string of the molecule is CCn1cc(OCc2cc(C#N)ccc2F)cn1. The van der Waals surface area contributed by atoms with Crippen molar-refractivity contribution in [3.63, 3.8) is 0 Å². The average Bonchev–Trinajstić information content (AvgIpc) is 2.86. The van der Waals surface area contributed by atoms with Crippen molar-refractivity contribution in [1.82, 2.24) is 9.78 Å². The van der Waals surface area contributed by atoms with Gasteiger partial charge in [0, 0.05) is 12.1 Å². The molecule has 0 bridgehead atoms. The second kappa shape index (κ2) is 5.32. The molecule has 0 aliphatic carbocycles. The van der Waals surface area contributed by atoms with E-state index in [0.717, 1.165) is 6.54 Å². The van der Waals surface area contributed by atoms with Crippen LogP contribution in [0.2, 0.25) is 0 Å². The van der Waals surface area contributed by atoms with Gasteiger partial charge < -0.3 is 4.74 Å². The number of rotatable bonds is 4. The van der Waals surface area contributed by atoms with Gasteiger partial charge in [-0.1, -0.05) is 0 Å². The molecule has 0 unspecified atom stereocenters. The summed E-state index contributed by atoms with van der Waals surface area (Å²) in [5, 5.41) is 12.8. The normalized spacial score (nSPS) is 10.1. The molecular formula is C13H12FN3O. The van der Waals surface area contributed by atoms with Crippen LogP contribution in [0.3, 0.4) is 0 Å². The molecule has 0 aliphatic rings. The third kappa shape index (κ3) is 2.66. The Hall–Kier alpha value is -2.35. The Bertz CT molecular complexity index is 586. The molecule has 2 aromatic rings. The standard InChI is InChI=1S/C13H12FN3O/c1-2-17-8-12(7-16-17)18-9-11-5-10(6-15)3-4-13(11)14/h3-5,7-8H,2,9H2,1H3. The number of nitriles is 1. The minimum atomic E-state index is -0.378. The fourth-order valence-electron chi connectivity index (χ4n) is 1.51. The minimum absolute atomic E-state index is 0.0801. The fourth-order valence-corrected chi connectivity index (χ4v) is 1.51. The van der Waals surface area contributed by atoms with E-state index in [4.69, 9.17) is 10.00 Å². The van der Waals surface area contributed by atoms with Crippen molar-refractivity contribution in [3.05, 3.63) is 47.5 Å². The van der Waals surface area contributed by atoms with E-state index in [2.05, 4.69) is 5.10 Å². The highest BCUT2D eigenvalue weighted by Crippen LogP contribution is 2.15. The van der Waals surface area contributed by atoms with Crippen molar-refractivity contribution in [2.45, 2.75) is 20.1 Å². The predicted octanol–water partition coefficient (Wildman–Crippen LogP) is 2.49. The molecule has 0 saturated carbocycles. The molecule has 0 N–H and O–H groups in total. The lowest BCUT2D eigenvalue weighted by atomic mass is 10.1. The van der Waals surface area contributed by atoms with E-state index < -0.39 is 0 Å². The molecule has 2 rings (SSSR count). The van der Waals surface area contributed by atoms with E-state index in [-0.39, 0.29) is 12.4 Å². The Morgan fingerprint density at radius 1 is 1.50 bits per heavy atom. The summed E-state index contributed by atoms with van der Waals surface area (Å²) in [7, 11) is 0. The van der Waals surface area contributed by atoms with E-state index in [1.54, 1.807) is 17.1 Å². The van der Waals surface area contributed by atoms with Crippen molar-refractivity contribution in [2.75, 3.05) is 0 Å². The molecule has 92 valence electrons. The van der Waals surface area contributed by atoms with Gasteiger partial charge in [0.15, 0.2) is 5.75 Å². The van der Waals surface area contributed by atoms with Crippen LogP contribution in [0.15, 0.2) is 30.6 Å². The quantitative estimate of drug-likeness (QED) is 0.831. The van der Waals surface area contributed by atoms with E-state index in [1.807, 2.05) is 13.0 Å². The van der Waals surface area contributed by atoms with Crippen molar-refractivity contribution >= 4 is 0 Å². The van der Waals surface area contributed by atoms with Crippen LogP contribution in [0, 0.1) is 17.1 Å². The zero-order valence-corrected chi connectivity index (χ0v) is 9.93. The van der Waals surface area contributed by atoms with Gasteiger partial charge in [-0.15, -0.1) is 0 Å². The molecule has 0 amide bonds. The van der Waals surface area contributed by atoms with Gasteiger partial charge in [-0.2, -0.15) is 10.4 Å². The molecular weight excluding hydrogens is 233 g/mol. The Kier molecular flexibility index (Phi) is 3.58. The first-order chi connectivity index (χ1) is 8.72. The summed E-state index contributed by atoms with van der Waals surface area (Å²) in [6.45, 7) is 2.80. The van der Waals surface area contributed by atoms with Gasteiger partial charge in [0.1, 0.15) is 12.4 Å². The van der Waals surface area contributed by atoms with E-state index in [9.17, 15) is 4.39 Å². The molecule has 4 nitrogen and oxygen atoms in total. The molecule has 0 radical (unpaired) electrons. The molecule has 0 saturated heterocycles. The van der Waals surface area contributed by atoms with Crippen LogP contribution >= 0.6 is 0 Å². The van der Waals surface area contributed by atoms with E-state index in [0.29, 0.717) is 16.9 Å². The van der Waals surface area contributed by atoms with Gasteiger partial charge in [0.25, 0.3) is 0 Å². The lowest BCUT2D eigenvalue weighted by Crippen LogP contribution is -1.99. The Labute approximate surface area is 104 Å². The summed E-state index contributed by atoms with van der Waals surface area (Å²) in [4.78, 5) is 0. The van der Waals surface area contributed by atoms with Crippen LogP contribution in [0.1, 0.15) is 18.1 Å². The van der Waals surface area contributed by atoms with Gasteiger partial charge in [-0.25, -0.2) is 4.39 Å². The molecule has 1 aromatic carbocycles. The minimum Gasteiger partial charge on any atom is -0.486 e. The summed E-state index contributed by atoms with van der Waals surface area (Å²) in [6.07, 6.45) is 3.32. The smallest absolute Gasteiger partial charge is 0.157 e. The Morgan fingerprint density at radius 2 is 2.33 bits per heavy atom. The van der Waals surface area contributed by atoms with Gasteiger partial charge >= 0.3 is 0 Å². The third-order valence-corrected chi connectivity index (χ3v) is 2.50. The van der Waals surface area contributed by atoms with Crippen molar-refractivity contribution in [2.24, 2.45) is 0 Å². The molecule has 0 spiro atoms. The van der Waals surface area contributed by atoms with Gasteiger partial charge in [-0.3, -0.25) is 4.68 Å². The fraction of sp³-hybridized carbons (Fsp3) is 0.231. The summed E-state index contributed by atoms with van der Waals surface area (Å²) in [5.74, 6) is 0.204. The number of hydrogen-bond acceptors (Lipinski definition) is 3. The number of benzene rings is 1. The van der Waals surface area contributed by atoms with E-state index >= 15 is 0 Å². The zero-order chi connectivity index (χ0) is 13.0. The lowest BCUT2D eigenvalue weighted by Gasteiger charge is -2.05. The number of aromatic nitrogens is 2. The molecule has 1 heterocycles. The van der Waals surface area contributed by atoms with Crippen LogP contribution < -0.4 is 4.74 Å². The van der Waals surface area contributed by atoms with Crippen LogP contribution in [0.4, 0.5) is 4.39 Å². The summed E-state index contributed by atoms with van der Waals surface area (Å²) >= 11 is 0. The third-order valence-electron chi connectivity index (χ3n) is 2.50. The second-order valence-electron chi connectivity index (χ2n) is 3.74. The number of nitrogens with zero attached hydrogens (tertiary/aromatic N) is 3.